The molecule has 0 fully saturated rings. The lowest BCUT2D eigenvalue weighted by Crippen LogP contribution is -2.38. The van der Waals surface area contributed by atoms with Gasteiger partial charge in [0.2, 0.25) is 0 Å². The predicted molar refractivity (Wildman–Crippen MR) is 60.9 cm³/mol. The van der Waals surface area contributed by atoms with Crippen molar-refractivity contribution in [1.29, 1.82) is 0 Å². The van der Waals surface area contributed by atoms with E-state index in [-0.39, 0.29) is 23.1 Å². The van der Waals surface area contributed by atoms with E-state index in [0.29, 0.717) is 6.42 Å². The van der Waals surface area contributed by atoms with Crippen LogP contribution in [0.25, 0.3) is 0 Å². The molecule has 1 heterocycles. The molecule has 0 bridgehead atoms. The van der Waals surface area contributed by atoms with Gasteiger partial charge in [0, 0.05) is 5.71 Å². The Morgan fingerprint density at radius 2 is 2.07 bits per heavy atom. The van der Waals surface area contributed by atoms with Crippen LogP contribution in [0.15, 0.2) is 4.99 Å². The number of rotatable bonds is 2. The Hall–Kier alpha value is -0.420. The lowest BCUT2D eigenvalue weighted by molar-refractivity contribution is 0.313. The molecule has 0 aromatic rings. The fourth-order valence-corrected chi connectivity index (χ4v) is 3.21. The van der Waals surface area contributed by atoms with Gasteiger partial charge in [0.05, 0.1) is 11.3 Å². The summed E-state index contributed by atoms with van der Waals surface area (Å²) in [6.45, 7) is 7.85. The highest BCUT2D eigenvalue weighted by atomic mass is 32.2. The molecule has 1 aliphatic heterocycles. The lowest BCUT2D eigenvalue weighted by Gasteiger charge is -2.36. The molecule has 0 aliphatic carbocycles. The molecule has 0 amide bonds. The Balaban J connectivity index is 2.90. The van der Waals surface area contributed by atoms with Crippen LogP contribution < -0.4 is 0 Å². The topological polar surface area (TPSA) is 66.7 Å². The van der Waals surface area contributed by atoms with E-state index in [9.17, 15) is 8.42 Å². The highest BCUT2D eigenvalue weighted by molar-refractivity contribution is 7.85. The van der Waals surface area contributed by atoms with Gasteiger partial charge in [-0.05, 0) is 39.0 Å². The molecule has 0 aromatic carbocycles. The summed E-state index contributed by atoms with van der Waals surface area (Å²) in [4.78, 5) is 4.52. The first-order chi connectivity index (χ1) is 6.61. The molecule has 0 saturated carbocycles. The van der Waals surface area contributed by atoms with Gasteiger partial charge in [0.1, 0.15) is 0 Å². The van der Waals surface area contributed by atoms with Crippen LogP contribution in [-0.4, -0.2) is 30.0 Å². The highest BCUT2D eigenvalue weighted by Gasteiger charge is 2.35. The number of nitrogens with zero attached hydrogens (tertiary/aromatic N) is 1. The largest absolute Gasteiger partial charge is 0.288 e. The van der Waals surface area contributed by atoms with Gasteiger partial charge in [-0.1, -0.05) is 6.92 Å². The van der Waals surface area contributed by atoms with E-state index < -0.39 is 10.1 Å². The average Bonchev–Trinajstić information content (AvgIpc) is 1.95. The second-order valence-corrected chi connectivity index (χ2v) is 6.56. The second kappa shape index (κ2) is 3.87. The molecular formula is C10H19NO3S. The monoisotopic (exact) mass is 233 g/mol. The fourth-order valence-electron chi connectivity index (χ4n) is 2.26. The summed E-state index contributed by atoms with van der Waals surface area (Å²) in [6.07, 6.45) is 0.700. The third kappa shape index (κ3) is 3.57. The van der Waals surface area contributed by atoms with Gasteiger partial charge in [0.25, 0.3) is 10.1 Å². The summed E-state index contributed by atoms with van der Waals surface area (Å²) in [5.41, 5.74) is 0.756. The van der Waals surface area contributed by atoms with Crippen molar-refractivity contribution < 1.29 is 13.0 Å². The third-order valence-electron chi connectivity index (χ3n) is 3.03. The molecule has 4 nitrogen and oxygen atoms in total. The molecule has 0 spiro atoms. The molecule has 88 valence electrons. The van der Waals surface area contributed by atoms with Crippen LogP contribution in [0, 0.1) is 11.8 Å². The van der Waals surface area contributed by atoms with Crippen molar-refractivity contribution >= 4 is 15.8 Å². The van der Waals surface area contributed by atoms with Crippen LogP contribution in [0.5, 0.6) is 0 Å². The van der Waals surface area contributed by atoms with Crippen molar-refractivity contribution in [2.24, 2.45) is 16.8 Å². The molecule has 2 atom stereocenters. The van der Waals surface area contributed by atoms with Gasteiger partial charge in [-0.2, -0.15) is 8.42 Å². The Morgan fingerprint density at radius 1 is 1.53 bits per heavy atom. The van der Waals surface area contributed by atoms with Gasteiger partial charge in [-0.3, -0.25) is 9.55 Å². The normalized spacial score (nSPS) is 31.1. The van der Waals surface area contributed by atoms with E-state index in [1.54, 1.807) is 0 Å². The predicted octanol–water partition coefficient (Wildman–Crippen LogP) is 1.77. The van der Waals surface area contributed by atoms with E-state index in [1.165, 1.54) is 0 Å². The smallest absolute Gasteiger partial charge is 0.265 e. The van der Waals surface area contributed by atoms with Crippen molar-refractivity contribution in [2.45, 2.75) is 39.7 Å². The zero-order valence-electron chi connectivity index (χ0n) is 9.69. The summed E-state index contributed by atoms with van der Waals surface area (Å²) >= 11 is 0. The summed E-state index contributed by atoms with van der Waals surface area (Å²) in [5.74, 6) is -0.0720. The van der Waals surface area contributed by atoms with E-state index in [2.05, 4.69) is 4.99 Å². The third-order valence-corrected chi connectivity index (χ3v) is 3.88. The average molecular weight is 233 g/mol. The quantitative estimate of drug-likeness (QED) is 0.739. The number of aliphatic imine (C=N–C) groups is 1. The van der Waals surface area contributed by atoms with Crippen LogP contribution in [0.3, 0.4) is 0 Å². The van der Waals surface area contributed by atoms with Crippen molar-refractivity contribution in [3.8, 4) is 0 Å². The molecule has 1 rings (SSSR count). The maximum absolute atomic E-state index is 10.9. The van der Waals surface area contributed by atoms with Crippen LogP contribution in [0.1, 0.15) is 34.1 Å². The fraction of sp³-hybridized carbons (Fsp3) is 0.900. The first-order valence-electron chi connectivity index (χ1n) is 5.12. The second-order valence-electron chi connectivity index (χ2n) is 5.07. The molecule has 1 unspecified atom stereocenters. The minimum atomic E-state index is -3.89. The van der Waals surface area contributed by atoms with E-state index >= 15 is 0 Å². The summed E-state index contributed by atoms with van der Waals surface area (Å²) < 4.78 is 30.6. The van der Waals surface area contributed by atoms with Crippen molar-refractivity contribution in [1.82, 2.24) is 0 Å². The van der Waals surface area contributed by atoms with Crippen molar-refractivity contribution in [3.05, 3.63) is 0 Å². The van der Waals surface area contributed by atoms with Crippen molar-refractivity contribution in [2.75, 3.05) is 5.75 Å². The number of hydrogen-bond donors (Lipinski definition) is 1. The van der Waals surface area contributed by atoms with Crippen LogP contribution >= 0.6 is 0 Å². The molecule has 0 aromatic heterocycles. The zero-order valence-corrected chi connectivity index (χ0v) is 10.5. The van der Waals surface area contributed by atoms with E-state index in [0.717, 1.165) is 5.71 Å². The maximum atomic E-state index is 10.9. The SMILES string of the molecule is CC1=NC(C)(C)CC(CS(=O)(=O)O)[C@H]1C. The van der Waals surface area contributed by atoms with Gasteiger partial charge < -0.3 is 0 Å². The molecule has 1 N–H and O–H groups in total. The molecule has 5 heteroatoms. The Morgan fingerprint density at radius 3 is 2.53 bits per heavy atom. The maximum Gasteiger partial charge on any atom is 0.265 e. The van der Waals surface area contributed by atoms with Gasteiger partial charge >= 0.3 is 0 Å². The first-order valence-corrected chi connectivity index (χ1v) is 6.73. The zero-order chi connectivity index (χ0) is 11.9. The Labute approximate surface area is 91.5 Å². The van der Waals surface area contributed by atoms with Gasteiger partial charge in [-0.15, -0.1) is 0 Å². The summed E-state index contributed by atoms with van der Waals surface area (Å²) in [7, 11) is -3.89. The lowest BCUT2D eigenvalue weighted by atomic mass is 9.79. The molecule has 0 saturated heterocycles. The molecule has 1 aliphatic rings. The Bertz CT molecular complexity index is 370. The minimum Gasteiger partial charge on any atom is -0.288 e. The molecule has 0 radical (unpaired) electrons. The summed E-state index contributed by atoms with van der Waals surface area (Å²) in [6, 6.07) is 0. The van der Waals surface area contributed by atoms with Crippen molar-refractivity contribution in [3.63, 3.8) is 0 Å². The number of hydrogen-bond acceptors (Lipinski definition) is 3. The molecular weight excluding hydrogens is 214 g/mol. The first kappa shape index (κ1) is 12.6. The van der Waals surface area contributed by atoms with Crippen LogP contribution in [0.4, 0.5) is 0 Å². The van der Waals surface area contributed by atoms with Crippen LogP contribution in [-0.2, 0) is 10.1 Å². The van der Waals surface area contributed by atoms with E-state index in [1.807, 2.05) is 27.7 Å². The van der Waals surface area contributed by atoms with Gasteiger partial charge in [-0.25, -0.2) is 0 Å². The molecule has 15 heavy (non-hydrogen) atoms. The van der Waals surface area contributed by atoms with Crippen LogP contribution in [0.2, 0.25) is 0 Å². The highest BCUT2D eigenvalue weighted by Crippen LogP contribution is 2.33. The van der Waals surface area contributed by atoms with Gasteiger partial charge in [0.15, 0.2) is 0 Å². The standard InChI is InChI=1S/C10H19NO3S/c1-7-8(2)11-10(3,4)5-9(7)6-15(12,13)14/h7,9H,5-6H2,1-4H3,(H,12,13,14)/t7-,9?/m0/s1. The Kier molecular flexibility index (Phi) is 3.26. The summed E-state index contributed by atoms with van der Waals surface area (Å²) in [5, 5.41) is 0. The minimum absolute atomic E-state index is 0.0347. The van der Waals surface area contributed by atoms with E-state index in [4.69, 9.17) is 4.55 Å².